The van der Waals surface area contributed by atoms with E-state index in [9.17, 15) is 18.3 Å². The van der Waals surface area contributed by atoms with Gasteiger partial charge in [-0.05, 0) is 30.3 Å². The maximum Gasteiger partial charge on any atom is 1.00 e. The van der Waals surface area contributed by atoms with Gasteiger partial charge in [-0.25, -0.2) is 0 Å². The van der Waals surface area contributed by atoms with Gasteiger partial charge in [-0.1, -0.05) is 0 Å². The third kappa shape index (κ3) is 3.62. The van der Waals surface area contributed by atoms with Gasteiger partial charge in [-0.15, -0.1) is 0 Å². The molecule has 0 aliphatic rings. The van der Waals surface area contributed by atoms with E-state index >= 15 is 0 Å². The fraction of sp³-hybridized carbons (Fsp3) is 0.0833. The molecule has 0 saturated carbocycles. The molecule has 2 N–H and O–H groups in total. The summed E-state index contributed by atoms with van der Waals surface area (Å²) in [5.74, 6) is -0.653. The molecule has 0 aliphatic carbocycles. The number of aromatic hydroxyl groups is 2. The molecule has 0 amide bonds. The zero-order chi connectivity index (χ0) is 13.3. The topological polar surface area (TPSA) is 53.4 Å². The molecular formula is C12H9F3NNaO2. The van der Waals surface area contributed by atoms with Crippen molar-refractivity contribution in [1.82, 2.24) is 4.98 Å². The number of benzene rings is 1. The van der Waals surface area contributed by atoms with Gasteiger partial charge in [-0.2, -0.15) is 13.2 Å². The number of alkyl halides is 3. The third-order valence-electron chi connectivity index (χ3n) is 2.36. The van der Waals surface area contributed by atoms with Crippen molar-refractivity contribution in [1.29, 1.82) is 0 Å². The largest absolute Gasteiger partial charge is 1.00 e. The Morgan fingerprint density at radius 3 is 2.16 bits per heavy atom. The number of hydrogen-bond donors (Lipinski definition) is 2. The van der Waals surface area contributed by atoms with E-state index < -0.39 is 11.7 Å². The van der Waals surface area contributed by atoms with Crippen LogP contribution in [0.3, 0.4) is 0 Å². The van der Waals surface area contributed by atoms with Crippen molar-refractivity contribution in [2.75, 3.05) is 0 Å². The zero-order valence-electron chi connectivity index (χ0n) is 10.9. The van der Waals surface area contributed by atoms with Gasteiger partial charge in [0.25, 0.3) is 0 Å². The van der Waals surface area contributed by atoms with Crippen LogP contribution < -0.4 is 29.6 Å². The number of hydrogen-bond acceptors (Lipinski definition) is 3. The standard InChI is InChI=1S/C12H8F3NO2.Na.H/c13-12(14,15)8-2-3-9(16-6-8)7-1-4-10(17)11(18)5-7;;/h1-6,17-18H;;/q;+1;-1. The first-order valence-electron chi connectivity index (χ1n) is 4.93. The minimum atomic E-state index is -4.43. The molecule has 2 aromatic rings. The Balaban J connectivity index is 0.00000180. The second kappa shape index (κ2) is 5.81. The summed E-state index contributed by atoms with van der Waals surface area (Å²) < 4.78 is 37.0. The van der Waals surface area contributed by atoms with Gasteiger partial charge in [0, 0.05) is 11.8 Å². The van der Waals surface area contributed by atoms with Gasteiger partial charge in [0.1, 0.15) is 0 Å². The summed E-state index contributed by atoms with van der Waals surface area (Å²) in [5, 5.41) is 18.4. The van der Waals surface area contributed by atoms with E-state index in [1.165, 1.54) is 24.3 Å². The summed E-state index contributed by atoms with van der Waals surface area (Å²) in [6.07, 6.45) is -3.71. The zero-order valence-corrected chi connectivity index (χ0v) is 11.9. The Morgan fingerprint density at radius 2 is 1.68 bits per heavy atom. The van der Waals surface area contributed by atoms with Crippen LogP contribution in [0.15, 0.2) is 36.5 Å². The number of phenolic OH excluding ortho intramolecular Hbond substituents is 2. The Kier molecular flexibility index (Phi) is 4.84. The van der Waals surface area contributed by atoms with Crippen LogP contribution in [0.2, 0.25) is 0 Å². The van der Waals surface area contributed by atoms with Crippen LogP contribution in [0.5, 0.6) is 11.5 Å². The van der Waals surface area contributed by atoms with Crippen LogP contribution in [0.25, 0.3) is 11.3 Å². The Labute approximate surface area is 130 Å². The first-order valence-corrected chi connectivity index (χ1v) is 4.93. The number of phenols is 2. The molecule has 0 bridgehead atoms. The fourth-order valence-electron chi connectivity index (χ4n) is 1.42. The Hall–Kier alpha value is -1.24. The Morgan fingerprint density at radius 1 is 1.00 bits per heavy atom. The summed E-state index contributed by atoms with van der Waals surface area (Å²) in [6.45, 7) is 0. The summed E-state index contributed by atoms with van der Waals surface area (Å²) in [4.78, 5) is 3.67. The second-order valence-corrected chi connectivity index (χ2v) is 3.63. The molecule has 0 atom stereocenters. The van der Waals surface area contributed by atoms with Gasteiger partial charge in [-0.3, -0.25) is 4.98 Å². The quantitative estimate of drug-likeness (QED) is 0.583. The molecule has 0 aliphatic heterocycles. The first-order chi connectivity index (χ1) is 8.38. The molecule has 2 rings (SSSR count). The van der Waals surface area contributed by atoms with E-state index in [0.717, 1.165) is 12.3 Å². The summed E-state index contributed by atoms with van der Waals surface area (Å²) in [6, 6.07) is 6.03. The van der Waals surface area contributed by atoms with Crippen LogP contribution >= 0.6 is 0 Å². The van der Waals surface area contributed by atoms with Crippen LogP contribution in [0.4, 0.5) is 13.2 Å². The van der Waals surface area contributed by atoms with Crippen LogP contribution in [0.1, 0.15) is 6.99 Å². The van der Waals surface area contributed by atoms with E-state index in [1.807, 2.05) is 0 Å². The molecule has 0 unspecified atom stereocenters. The van der Waals surface area contributed by atoms with Crippen LogP contribution in [0, 0.1) is 0 Å². The molecular weight excluding hydrogens is 270 g/mol. The molecule has 3 nitrogen and oxygen atoms in total. The molecule has 0 spiro atoms. The van der Waals surface area contributed by atoms with E-state index in [-0.39, 0.29) is 48.2 Å². The maximum absolute atomic E-state index is 12.3. The van der Waals surface area contributed by atoms with Gasteiger partial charge < -0.3 is 11.6 Å². The third-order valence-corrected chi connectivity index (χ3v) is 2.36. The van der Waals surface area contributed by atoms with Crippen molar-refractivity contribution >= 4 is 0 Å². The van der Waals surface area contributed by atoms with E-state index in [2.05, 4.69) is 4.98 Å². The van der Waals surface area contributed by atoms with Gasteiger partial charge in [0.15, 0.2) is 11.5 Å². The monoisotopic (exact) mass is 279 g/mol. The summed E-state index contributed by atoms with van der Waals surface area (Å²) in [7, 11) is 0. The van der Waals surface area contributed by atoms with Crippen molar-refractivity contribution < 1.29 is 54.4 Å². The van der Waals surface area contributed by atoms with E-state index in [1.54, 1.807) is 0 Å². The normalized spacial score (nSPS) is 10.9. The predicted molar refractivity (Wildman–Crippen MR) is 59.1 cm³/mol. The number of rotatable bonds is 1. The first kappa shape index (κ1) is 15.8. The smallest absolute Gasteiger partial charge is 1.00 e. The van der Waals surface area contributed by atoms with Crippen molar-refractivity contribution in [3.8, 4) is 22.8 Å². The van der Waals surface area contributed by atoms with Crippen LogP contribution in [-0.2, 0) is 6.18 Å². The van der Waals surface area contributed by atoms with Crippen molar-refractivity contribution in [3.63, 3.8) is 0 Å². The minimum Gasteiger partial charge on any atom is -1.00 e. The molecule has 1 aromatic heterocycles. The molecule has 7 heteroatoms. The molecule has 0 radical (unpaired) electrons. The average molecular weight is 279 g/mol. The summed E-state index contributed by atoms with van der Waals surface area (Å²) >= 11 is 0. The number of halogens is 3. The maximum atomic E-state index is 12.3. The minimum absolute atomic E-state index is 0. The van der Waals surface area contributed by atoms with Crippen LogP contribution in [-0.4, -0.2) is 15.2 Å². The molecule has 1 heterocycles. The SMILES string of the molecule is Oc1ccc(-c2ccc(C(F)(F)F)cn2)cc1O.[H-].[Na+]. The number of pyridine rings is 1. The fourth-order valence-corrected chi connectivity index (χ4v) is 1.42. The van der Waals surface area contributed by atoms with Crippen molar-refractivity contribution in [3.05, 3.63) is 42.1 Å². The molecule has 0 saturated heterocycles. The predicted octanol–water partition coefficient (Wildman–Crippen LogP) is 0.295. The van der Waals surface area contributed by atoms with Gasteiger partial charge in [0.05, 0.1) is 11.3 Å². The van der Waals surface area contributed by atoms with E-state index in [4.69, 9.17) is 5.11 Å². The molecule has 19 heavy (non-hydrogen) atoms. The number of nitrogens with zero attached hydrogens (tertiary/aromatic N) is 1. The average Bonchev–Trinajstić information content (AvgIpc) is 2.32. The molecule has 0 fully saturated rings. The van der Waals surface area contributed by atoms with Gasteiger partial charge >= 0.3 is 35.7 Å². The van der Waals surface area contributed by atoms with E-state index in [0.29, 0.717) is 5.56 Å². The second-order valence-electron chi connectivity index (χ2n) is 3.63. The molecule has 1 aromatic carbocycles. The molecule has 96 valence electrons. The summed E-state index contributed by atoms with van der Waals surface area (Å²) in [5.41, 5.74) is -0.147. The van der Waals surface area contributed by atoms with Crippen molar-refractivity contribution in [2.45, 2.75) is 6.18 Å². The van der Waals surface area contributed by atoms with Crippen molar-refractivity contribution in [2.24, 2.45) is 0 Å². The Bertz CT molecular complexity index is 576. The van der Waals surface area contributed by atoms with Gasteiger partial charge in [0.2, 0.25) is 0 Å². The number of aromatic nitrogens is 1.